The highest BCUT2D eigenvalue weighted by Crippen LogP contribution is 2.45. The van der Waals surface area contributed by atoms with Crippen LogP contribution in [0.25, 0.3) is 0 Å². The molecule has 1 aliphatic carbocycles. The van der Waals surface area contributed by atoms with Gasteiger partial charge in [0.1, 0.15) is 0 Å². The molecule has 2 aromatic heterocycles. The number of nitrogens with one attached hydrogen (secondary N) is 2. The Bertz CT molecular complexity index is 1080. The molecule has 0 unspecified atom stereocenters. The fourth-order valence-corrected chi connectivity index (χ4v) is 4.10. The van der Waals surface area contributed by atoms with E-state index in [4.69, 9.17) is 19.6 Å². The Balaban J connectivity index is 1.53. The highest BCUT2D eigenvalue weighted by Gasteiger charge is 2.52. The van der Waals surface area contributed by atoms with E-state index in [1.165, 1.54) is 19.4 Å². The molecule has 0 atom stereocenters. The van der Waals surface area contributed by atoms with E-state index in [1.807, 2.05) is 0 Å². The minimum Gasteiger partial charge on any atom is -0.488 e. The van der Waals surface area contributed by atoms with Crippen molar-refractivity contribution in [3.8, 4) is 5.75 Å². The molecule has 30 heavy (non-hydrogen) atoms. The monoisotopic (exact) mass is 432 g/mol. The molecule has 11 nitrogen and oxygen atoms in total. The van der Waals surface area contributed by atoms with E-state index >= 15 is 0 Å². The predicted molar refractivity (Wildman–Crippen MR) is 111 cm³/mol. The summed E-state index contributed by atoms with van der Waals surface area (Å²) in [5.41, 5.74) is 5.33. The van der Waals surface area contributed by atoms with Gasteiger partial charge >= 0.3 is 5.63 Å². The lowest BCUT2D eigenvalue weighted by Crippen LogP contribution is -2.47. The molecule has 4 N–H and O–H groups in total. The first-order chi connectivity index (χ1) is 14.4. The van der Waals surface area contributed by atoms with Crippen LogP contribution in [-0.4, -0.2) is 47.2 Å². The first-order valence-corrected chi connectivity index (χ1v) is 9.93. The third kappa shape index (κ3) is 3.91. The van der Waals surface area contributed by atoms with Crippen LogP contribution >= 0.6 is 11.3 Å². The van der Waals surface area contributed by atoms with E-state index in [0.717, 1.165) is 24.2 Å². The number of methoxy groups -OCH3 is 1. The third-order valence-electron chi connectivity index (χ3n) is 4.81. The second kappa shape index (κ2) is 7.88. The van der Waals surface area contributed by atoms with Gasteiger partial charge in [-0.2, -0.15) is 0 Å². The molecule has 2 saturated heterocycles. The molecule has 12 heteroatoms. The average molecular weight is 432 g/mol. The molecule has 1 amide bonds. The zero-order chi connectivity index (χ0) is 21.3. The number of hydrogen-bond donors (Lipinski definition) is 3. The van der Waals surface area contributed by atoms with Crippen molar-refractivity contribution < 1.29 is 18.7 Å². The summed E-state index contributed by atoms with van der Waals surface area (Å²) in [4.78, 5) is 29.1. The normalized spacial score (nSPS) is 22.7. The Hall–Kier alpha value is -3.25. The largest absolute Gasteiger partial charge is 0.488 e. The van der Waals surface area contributed by atoms with Crippen molar-refractivity contribution in [2.24, 2.45) is 10.7 Å². The number of amides is 1. The molecule has 0 radical (unpaired) electrons. The predicted octanol–water partition coefficient (Wildman–Crippen LogP) is 1.66. The summed E-state index contributed by atoms with van der Waals surface area (Å²) in [6, 6.07) is 1.44. The lowest BCUT2D eigenvalue weighted by Gasteiger charge is -2.37. The Morgan fingerprint density at radius 1 is 1.47 bits per heavy atom. The van der Waals surface area contributed by atoms with Gasteiger partial charge in [-0.15, -0.1) is 10.2 Å². The van der Waals surface area contributed by atoms with Crippen molar-refractivity contribution in [1.29, 1.82) is 0 Å². The van der Waals surface area contributed by atoms with E-state index in [0.29, 0.717) is 23.1 Å². The van der Waals surface area contributed by atoms with Crippen LogP contribution in [-0.2, 0) is 4.74 Å². The summed E-state index contributed by atoms with van der Waals surface area (Å²) in [6.45, 7) is 2.29. The number of hydrogen-bond acceptors (Lipinski definition) is 11. The summed E-state index contributed by atoms with van der Waals surface area (Å²) < 4.78 is 15.9. The standard InChI is InChI=1S/C18H20N6O5S/c1-9(3-4-19)20-16-23-24-17(30-16)21-14(25)12-5-11(13(27-2)15(26)29-12)22-18-6-10(7-18)28-8-18/h3-5,10,22H,6-8,19H2,1-2H3,(H,21,24,25). The second-order valence-corrected chi connectivity index (χ2v) is 8.00. The summed E-state index contributed by atoms with van der Waals surface area (Å²) in [5, 5.41) is 14.2. The molecule has 0 aromatic carbocycles. The van der Waals surface area contributed by atoms with E-state index in [2.05, 4.69) is 25.8 Å². The lowest BCUT2D eigenvalue weighted by atomic mass is 9.78. The van der Waals surface area contributed by atoms with Gasteiger partial charge in [0.05, 0.1) is 31.0 Å². The molecule has 2 aromatic rings. The number of carbonyl (C=O) groups is 1. The highest BCUT2D eigenvalue weighted by molar-refractivity contribution is 7.18. The van der Waals surface area contributed by atoms with Gasteiger partial charge < -0.3 is 24.9 Å². The maximum absolute atomic E-state index is 12.6. The maximum atomic E-state index is 12.6. The molecule has 4 heterocycles. The first kappa shape index (κ1) is 20.0. The van der Waals surface area contributed by atoms with Crippen LogP contribution in [0.3, 0.4) is 0 Å². The van der Waals surface area contributed by atoms with Crippen LogP contribution in [0.2, 0.25) is 0 Å². The summed E-state index contributed by atoms with van der Waals surface area (Å²) in [7, 11) is 1.37. The van der Waals surface area contributed by atoms with Gasteiger partial charge in [0, 0.05) is 11.8 Å². The Morgan fingerprint density at radius 2 is 2.27 bits per heavy atom. The average Bonchev–Trinajstić information content (AvgIpc) is 3.38. The van der Waals surface area contributed by atoms with Crippen molar-refractivity contribution in [1.82, 2.24) is 10.2 Å². The van der Waals surface area contributed by atoms with Crippen molar-refractivity contribution in [2.75, 3.05) is 24.4 Å². The summed E-state index contributed by atoms with van der Waals surface area (Å²) >= 11 is 1.07. The molecule has 1 saturated carbocycles. The number of allylic oxidation sites excluding steroid dienone is 1. The van der Waals surface area contributed by atoms with Crippen molar-refractivity contribution >= 4 is 38.9 Å². The number of nitrogens with two attached hydrogens (primary N) is 1. The number of aliphatic imine (C=N–C) groups is 1. The molecule has 3 fully saturated rings. The smallest absolute Gasteiger partial charge is 0.381 e. The number of nitrogens with zero attached hydrogens (tertiary/aromatic N) is 3. The van der Waals surface area contributed by atoms with Crippen LogP contribution in [0.4, 0.5) is 16.0 Å². The van der Waals surface area contributed by atoms with Crippen LogP contribution in [0, 0.1) is 0 Å². The van der Waals surface area contributed by atoms with E-state index in [-0.39, 0.29) is 28.3 Å². The SMILES string of the molecule is COc1c(NC23COC(C2)C3)cc(C(=O)Nc2nnc(N=C(C)C=CN)s2)oc1=O. The number of anilines is 2. The van der Waals surface area contributed by atoms with Gasteiger partial charge in [-0.25, -0.2) is 9.79 Å². The quantitative estimate of drug-likeness (QED) is 0.554. The molecule has 2 bridgehead atoms. The third-order valence-corrected chi connectivity index (χ3v) is 5.54. The lowest BCUT2D eigenvalue weighted by molar-refractivity contribution is 0.0991. The first-order valence-electron chi connectivity index (χ1n) is 9.12. The van der Waals surface area contributed by atoms with E-state index < -0.39 is 11.5 Å². The van der Waals surface area contributed by atoms with Crippen LogP contribution < -0.4 is 26.7 Å². The van der Waals surface area contributed by atoms with Gasteiger partial charge in [0.25, 0.3) is 5.91 Å². The Labute approximate surface area is 175 Å². The van der Waals surface area contributed by atoms with Gasteiger partial charge in [0.15, 0.2) is 5.76 Å². The summed E-state index contributed by atoms with van der Waals surface area (Å²) in [6.07, 6.45) is 4.89. The van der Waals surface area contributed by atoms with Crippen LogP contribution in [0.1, 0.15) is 30.3 Å². The number of fused-ring (bicyclic) bond motifs is 1. The van der Waals surface area contributed by atoms with Crippen LogP contribution in [0.5, 0.6) is 5.75 Å². The molecule has 158 valence electrons. The topological polar surface area (TPSA) is 154 Å². The highest BCUT2D eigenvalue weighted by atomic mass is 32.1. The molecule has 0 spiro atoms. The zero-order valence-electron chi connectivity index (χ0n) is 16.3. The zero-order valence-corrected chi connectivity index (χ0v) is 17.1. The summed E-state index contributed by atoms with van der Waals surface area (Å²) in [5.74, 6) is -0.820. The minimum atomic E-state index is -0.759. The molecular formula is C18H20N6O5S. The van der Waals surface area contributed by atoms with E-state index in [1.54, 1.807) is 13.0 Å². The number of carbonyl (C=O) groups excluding carboxylic acids is 1. The number of ether oxygens (including phenoxy) is 2. The molecule has 3 aliphatic rings. The molecule has 5 rings (SSSR count). The maximum Gasteiger partial charge on any atom is 0.381 e. The fourth-order valence-electron chi connectivity index (χ4n) is 3.43. The van der Waals surface area contributed by atoms with Crippen molar-refractivity contribution in [3.63, 3.8) is 0 Å². The second-order valence-electron chi connectivity index (χ2n) is 7.05. The molecular weight excluding hydrogens is 412 g/mol. The molecule has 2 aliphatic heterocycles. The van der Waals surface area contributed by atoms with Crippen LogP contribution in [0.15, 0.2) is 32.5 Å². The van der Waals surface area contributed by atoms with Gasteiger partial charge in [-0.3, -0.25) is 10.1 Å². The van der Waals surface area contributed by atoms with Crippen molar-refractivity contribution in [3.05, 3.63) is 34.5 Å². The van der Waals surface area contributed by atoms with Gasteiger partial charge in [0.2, 0.25) is 16.0 Å². The fraction of sp³-hybridized carbons (Fsp3) is 0.389. The van der Waals surface area contributed by atoms with Gasteiger partial charge in [-0.1, -0.05) is 11.3 Å². The van der Waals surface area contributed by atoms with Gasteiger partial charge in [-0.05, 0) is 32.0 Å². The van der Waals surface area contributed by atoms with E-state index in [9.17, 15) is 9.59 Å². The Morgan fingerprint density at radius 3 is 2.93 bits per heavy atom. The Kier molecular flexibility index (Phi) is 5.26. The minimum absolute atomic E-state index is 0.00671. The van der Waals surface area contributed by atoms with Crippen molar-refractivity contribution in [2.45, 2.75) is 31.4 Å². The number of aromatic nitrogens is 2. The number of rotatable bonds is 7.